The molecule has 6 nitrogen and oxygen atoms in total. The Kier molecular flexibility index (Phi) is 11.8. The summed E-state index contributed by atoms with van der Waals surface area (Å²) in [5, 5.41) is 5.63. The maximum absolute atomic E-state index is 11.5. The molecule has 0 spiro atoms. The maximum atomic E-state index is 11.5. The molecule has 2 amide bonds. The van der Waals surface area contributed by atoms with Crippen LogP contribution in [0.3, 0.4) is 0 Å². The number of primary amides is 1. The number of rotatable bonds is 12. The molecule has 8 heteroatoms. The van der Waals surface area contributed by atoms with Gasteiger partial charge in [0.1, 0.15) is 6.54 Å². The highest BCUT2D eigenvalue weighted by Gasteiger charge is 2.12. The first kappa shape index (κ1) is 18.2. The second-order valence-electron chi connectivity index (χ2n) is 4.00. The van der Waals surface area contributed by atoms with Gasteiger partial charge < -0.3 is 11.1 Å². The van der Waals surface area contributed by atoms with E-state index in [1.165, 1.54) is 21.6 Å². The van der Waals surface area contributed by atoms with Crippen LogP contribution in [-0.2, 0) is 9.59 Å². The van der Waals surface area contributed by atoms with Crippen molar-refractivity contribution >= 4 is 33.4 Å². The number of hydrogen-bond donors (Lipinski definition) is 2. The van der Waals surface area contributed by atoms with E-state index in [9.17, 15) is 14.5 Å². The van der Waals surface area contributed by atoms with Crippen molar-refractivity contribution in [3.63, 3.8) is 0 Å². The highest BCUT2D eigenvalue weighted by molar-refractivity contribution is 8.76. The predicted octanol–water partition coefficient (Wildman–Crippen LogP) is 1.68. The summed E-state index contributed by atoms with van der Waals surface area (Å²) in [5.41, 5.74) is 5.02. The minimum absolute atomic E-state index is 0.0433. The summed E-state index contributed by atoms with van der Waals surface area (Å²) in [6.07, 6.45) is 2.61. The molecule has 0 aromatic rings. The van der Waals surface area contributed by atoms with Crippen LogP contribution in [0, 0.1) is 4.91 Å². The van der Waals surface area contributed by atoms with Crippen molar-refractivity contribution in [1.29, 1.82) is 0 Å². The van der Waals surface area contributed by atoms with Crippen molar-refractivity contribution in [3.8, 4) is 0 Å². The summed E-state index contributed by atoms with van der Waals surface area (Å²) in [6, 6.07) is -0.243. The molecule has 0 saturated carbocycles. The highest BCUT2D eigenvalue weighted by atomic mass is 33.1. The largest absolute Gasteiger partial charge is 0.370 e. The number of nitrogens with one attached hydrogen (secondary N) is 1. The van der Waals surface area contributed by atoms with E-state index in [2.05, 4.69) is 10.5 Å². The maximum Gasteiger partial charge on any atom is 0.220 e. The first-order valence-electron chi connectivity index (χ1n) is 6.21. The average molecular weight is 307 g/mol. The number of nitroso groups, excluding NO2 is 1. The van der Waals surface area contributed by atoms with Gasteiger partial charge in [0.2, 0.25) is 11.8 Å². The van der Waals surface area contributed by atoms with Crippen LogP contribution in [0.4, 0.5) is 0 Å². The van der Waals surface area contributed by atoms with E-state index in [0.717, 1.165) is 12.8 Å². The van der Waals surface area contributed by atoms with Gasteiger partial charge in [-0.2, -0.15) is 4.91 Å². The zero-order valence-electron chi connectivity index (χ0n) is 11.1. The SMILES string of the molecule is CCCCC(=O)NC(CN=O)CSSCCC(N)=O. The van der Waals surface area contributed by atoms with Crippen LogP contribution in [0.1, 0.15) is 32.6 Å². The first-order chi connectivity index (χ1) is 9.10. The van der Waals surface area contributed by atoms with Gasteiger partial charge >= 0.3 is 0 Å². The number of nitrogens with two attached hydrogens (primary N) is 1. The zero-order chi connectivity index (χ0) is 14.5. The molecule has 19 heavy (non-hydrogen) atoms. The molecule has 0 aliphatic heterocycles. The summed E-state index contributed by atoms with van der Waals surface area (Å²) < 4.78 is 0. The number of unbranched alkanes of at least 4 members (excludes halogenated alkanes) is 1. The quantitative estimate of drug-likeness (QED) is 0.324. The molecular weight excluding hydrogens is 286 g/mol. The molecule has 1 atom stereocenters. The molecule has 0 fully saturated rings. The fourth-order valence-corrected chi connectivity index (χ4v) is 3.44. The highest BCUT2D eigenvalue weighted by Crippen LogP contribution is 2.22. The summed E-state index contributed by atoms with van der Waals surface area (Å²) in [7, 11) is 3.01. The fourth-order valence-electron chi connectivity index (χ4n) is 1.20. The summed E-state index contributed by atoms with van der Waals surface area (Å²) >= 11 is 0. The lowest BCUT2D eigenvalue weighted by molar-refractivity contribution is -0.121. The second kappa shape index (κ2) is 12.3. The molecular formula is C11H21N3O3S2. The summed E-state index contributed by atoms with van der Waals surface area (Å²) in [5.74, 6) is 0.850. The van der Waals surface area contributed by atoms with Crippen molar-refractivity contribution in [1.82, 2.24) is 5.32 Å². The summed E-state index contributed by atoms with van der Waals surface area (Å²) in [4.78, 5) is 32.4. The second-order valence-corrected chi connectivity index (χ2v) is 6.63. The number of carbonyl (C=O) groups excluding carboxylic acids is 2. The minimum Gasteiger partial charge on any atom is -0.370 e. The normalized spacial score (nSPS) is 11.8. The Morgan fingerprint density at radius 1 is 1.32 bits per heavy atom. The van der Waals surface area contributed by atoms with Crippen molar-refractivity contribution in [2.24, 2.45) is 10.9 Å². The molecule has 0 aliphatic carbocycles. The molecule has 0 bridgehead atoms. The molecule has 0 heterocycles. The molecule has 0 aromatic heterocycles. The van der Waals surface area contributed by atoms with Gasteiger partial charge in [0.15, 0.2) is 0 Å². The van der Waals surface area contributed by atoms with Crippen LogP contribution in [0.25, 0.3) is 0 Å². The minimum atomic E-state index is -0.327. The smallest absolute Gasteiger partial charge is 0.220 e. The monoisotopic (exact) mass is 307 g/mol. The topological polar surface area (TPSA) is 102 Å². The van der Waals surface area contributed by atoms with Crippen molar-refractivity contribution in [3.05, 3.63) is 4.91 Å². The Bertz CT molecular complexity index is 290. The lowest BCUT2D eigenvalue weighted by atomic mass is 10.2. The van der Waals surface area contributed by atoms with Crippen LogP contribution >= 0.6 is 21.6 Å². The number of nitrogens with zero attached hydrogens (tertiary/aromatic N) is 1. The van der Waals surface area contributed by atoms with Crippen LogP contribution in [0.2, 0.25) is 0 Å². The van der Waals surface area contributed by atoms with E-state index in [1.54, 1.807) is 0 Å². The Labute approximate surface area is 121 Å². The van der Waals surface area contributed by atoms with Gasteiger partial charge in [-0.05, 0) is 6.42 Å². The third-order valence-corrected chi connectivity index (χ3v) is 4.69. The van der Waals surface area contributed by atoms with Crippen LogP contribution in [-0.4, -0.2) is 35.9 Å². The standard InChI is InChI=1S/C11H21N3O3S2/c1-2-3-4-11(16)14-9(7-13-17)8-19-18-6-5-10(12)15/h9H,2-8H2,1H3,(H2,12,15)(H,14,16). The molecule has 3 N–H and O–H groups in total. The van der Waals surface area contributed by atoms with E-state index in [0.29, 0.717) is 24.3 Å². The Hall–Kier alpha value is -0.760. The average Bonchev–Trinajstić information content (AvgIpc) is 2.35. The van der Waals surface area contributed by atoms with Crippen molar-refractivity contribution in [2.45, 2.75) is 38.6 Å². The zero-order valence-corrected chi connectivity index (χ0v) is 12.7. The lowest BCUT2D eigenvalue weighted by Crippen LogP contribution is -2.38. The van der Waals surface area contributed by atoms with E-state index in [4.69, 9.17) is 5.73 Å². The molecule has 0 radical (unpaired) electrons. The fraction of sp³-hybridized carbons (Fsp3) is 0.818. The molecule has 0 aliphatic rings. The number of carbonyl (C=O) groups is 2. The Balaban J connectivity index is 3.81. The van der Waals surface area contributed by atoms with Gasteiger partial charge in [0.05, 0.1) is 6.04 Å². The molecule has 0 saturated heterocycles. The summed E-state index contributed by atoms with van der Waals surface area (Å²) in [6.45, 7) is 2.09. The molecule has 0 aromatic carbocycles. The first-order valence-corrected chi connectivity index (χ1v) is 8.70. The number of amides is 2. The van der Waals surface area contributed by atoms with Gasteiger partial charge in [-0.3, -0.25) is 9.59 Å². The van der Waals surface area contributed by atoms with E-state index in [-0.39, 0.29) is 24.4 Å². The lowest BCUT2D eigenvalue weighted by Gasteiger charge is -2.14. The van der Waals surface area contributed by atoms with Crippen LogP contribution < -0.4 is 11.1 Å². The third kappa shape index (κ3) is 12.0. The van der Waals surface area contributed by atoms with Crippen LogP contribution in [0.15, 0.2) is 5.18 Å². The van der Waals surface area contributed by atoms with E-state index < -0.39 is 0 Å². The van der Waals surface area contributed by atoms with Crippen LogP contribution in [0.5, 0.6) is 0 Å². The van der Waals surface area contributed by atoms with Gasteiger partial charge in [0.25, 0.3) is 0 Å². The molecule has 0 rings (SSSR count). The van der Waals surface area contributed by atoms with Gasteiger partial charge in [-0.15, -0.1) is 0 Å². The van der Waals surface area contributed by atoms with E-state index in [1.807, 2.05) is 6.92 Å². The Morgan fingerprint density at radius 2 is 2.05 bits per heavy atom. The van der Waals surface area contributed by atoms with Gasteiger partial charge in [-0.1, -0.05) is 40.1 Å². The Morgan fingerprint density at radius 3 is 2.63 bits per heavy atom. The predicted molar refractivity (Wildman–Crippen MR) is 80.8 cm³/mol. The van der Waals surface area contributed by atoms with Gasteiger partial charge in [-0.25, -0.2) is 0 Å². The molecule has 110 valence electrons. The number of hydrogen-bond acceptors (Lipinski definition) is 6. The van der Waals surface area contributed by atoms with E-state index >= 15 is 0 Å². The third-order valence-electron chi connectivity index (χ3n) is 2.20. The van der Waals surface area contributed by atoms with Crippen molar-refractivity contribution in [2.75, 3.05) is 18.1 Å². The van der Waals surface area contributed by atoms with Gasteiger partial charge in [0, 0.05) is 24.3 Å². The van der Waals surface area contributed by atoms with Crippen molar-refractivity contribution < 1.29 is 9.59 Å². The molecule has 1 unspecified atom stereocenters.